The highest BCUT2D eigenvalue weighted by atomic mass is 32.2. The molecule has 0 aliphatic carbocycles. The minimum absolute atomic E-state index is 0.101. The van der Waals surface area contributed by atoms with Gasteiger partial charge in [-0.1, -0.05) is 29.3 Å². The number of hydrogen-bond acceptors (Lipinski definition) is 5. The molecule has 0 radical (unpaired) electrons. The fourth-order valence-electron chi connectivity index (χ4n) is 3.96. The molecule has 0 saturated heterocycles. The SMILES string of the molecule is CC1=C(C)CC2(CC(C)(C)Oc3cc(S(=O)(=O)c4ccccc4)sc32)SC1. The Morgan fingerprint density at radius 2 is 1.78 bits per heavy atom. The van der Waals surface area contributed by atoms with Gasteiger partial charge in [0.15, 0.2) is 0 Å². The van der Waals surface area contributed by atoms with Gasteiger partial charge >= 0.3 is 0 Å². The van der Waals surface area contributed by atoms with Crippen LogP contribution in [0.2, 0.25) is 0 Å². The summed E-state index contributed by atoms with van der Waals surface area (Å²) in [5.41, 5.74) is 2.53. The molecule has 0 bridgehead atoms. The summed E-state index contributed by atoms with van der Waals surface area (Å²) in [6.45, 7) is 8.60. The molecule has 144 valence electrons. The highest BCUT2D eigenvalue weighted by Crippen LogP contribution is 2.60. The summed E-state index contributed by atoms with van der Waals surface area (Å²) in [5, 5.41) is 0. The summed E-state index contributed by atoms with van der Waals surface area (Å²) in [7, 11) is -3.53. The zero-order chi connectivity index (χ0) is 19.4. The average molecular weight is 421 g/mol. The number of rotatable bonds is 2. The standard InChI is InChI=1S/C21H24O3S3/c1-14-11-21(25-12-15(14)2)13-20(3,4)24-17-10-18(26-19(17)21)27(22,23)16-8-6-5-7-9-16/h5-10H,11-13H2,1-4H3. The normalized spacial score (nSPS) is 24.6. The maximum Gasteiger partial charge on any atom is 0.216 e. The van der Waals surface area contributed by atoms with Crippen molar-refractivity contribution in [1.29, 1.82) is 0 Å². The van der Waals surface area contributed by atoms with E-state index in [2.05, 4.69) is 27.7 Å². The average Bonchev–Trinajstić information content (AvgIpc) is 3.03. The van der Waals surface area contributed by atoms with E-state index in [-0.39, 0.29) is 10.3 Å². The fraction of sp³-hybridized carbons (Fsp3) is 0.429. The van der Waals surface area contributed by atoms with Crippen LogP contribution < -0.4 is 4.74 Å². The van der Waals surface area contributed by atoms with E-state index in [0.29, 0.717) is 9.10 Å². The van der Waals surface area contributed by atoms with Gasteiger partial charge in [-0.05, 0) is 46.2 Å². The van der Waals surface area contributed by atoms with Crippen molar-refractivity contribution in [1.82, 2.24) is 0 Å². The number of hydrogen-bond donors (Lipinski definition) is 0. The first kappa shape index (κ1) is 19.1. The van der Waals surface area contributed by atoms with Gasteiger partial charge in [0.1, 0.15) is 15.6 Å². The number of fused-ring (bicyclic) bond motifs is 2. The number of thiophene rings is 1. The third kappa shape index (κ3) is 3.26. The highest BCUT2D eigenvalue weighted by molar-refractivity contribution is 8.00. The van der Waals surface area contributed by atoms with Gasteiger partial charge in [0, 0.05) is 18.2 Å². The summed E-state index contributed by atoms with van der Waals surface area (Å²) in [6, 6.07) is 10.4. The van der Waals surface area contributed by atoms with Gasteiger partial charge in [-0.15, -0.1) is 23.1 Å². The number of sulfone groups is 1. The van der Waals surface area contributed by atoms with Crippen molar-refractivity contribution in [3.8, 4) is 5.75 Å². The van der Waals surface area contributed by atoms with Gasteiger partial charge in [-0.25, -0.2) is 8.42 Å². The largest absolute Gasteiger partial charge is 0.487 e. The van der Waals surface area contributed by atoms with Crippen LogP contribution in [0.5, 0.6) is 5.75 Å². The first-order chi connectivity index (χ1) is 12.6. The second kappa shape index (κ2) is 6.39. The second-order valence-corrected chi connectivity index (χ2v) is 12.7. The molecular formula is C21H24O3S3. The molecule has 1 spiro atoms. The van der Waals surface area contributed by atoms with Gasteiger partial charge in [0.2, 0.25) is 9.84 Å². The zero-order valence-electron chi connectivity index (χ0n) is 16.0. The molecule has 0 N–H and O–H groups in total. The molecule has 0 saturated carbocycles. The van der Waals surface area contributed by atoms with Crippen molar-refractivity contribution < 1.29 is 13.2 Å². The zero-order valence-corrected chi connectivity index (χ0v) is 18.5. The quantitative estimate of drug-likeness (QED) is 0.575. The van der Waals surface area contributed by atoms with Crippen LogP contribution in [0.4, 0.5) is 0 Å². The molecule has 2 aromatic rings. The predicted molar refractivity (Wildman–Crippen MR) is 113 cm³/mol. The molecule has 1 aromatic carbocycles. The van der Waals surface area contributed by atoms with Crippen molar-refractivity contribution in [3.05, 3.63) is 52.4 Å². The summed E-state index contributed by atoms with van der Waals surface area (Å²) >= 11 is 3.33. The fourth-order valence-corrected chi connectivity index (χ4v) is 8.88. The van der Waals surface area contributed by atoms with Crippen LogP contribution in [0.1, 0.15) is 45.4 Å². The van der Waals surface area contributed by atoms with E-state index in [4.69, 9.17) is 4.74 Å². The molecule has 1 atom stereocenters. The monoisotopic (exact) mass is 420 g/mol. The van der Waals surface area contributed by atoms with Crippen molar-refractivity contribution in [2.24, 2.45) is 0 Å². The van der Waals surface area contributed by atoms with E-state index < -0.39 is 9.84 Å². The molecule has 3 heterocycles. The van der Waals surface area contributed by atoms with Crippen LogP contribution >= 0.6 is 23.1 Å². The Morgan fingerprint density at radius 3 is 2.44 bits per heavy atom. The Hall–Kier alpha value is -1.24. The molecule has 27 heavy (non-hydrogen) atoms. The lowest BCUT2D eigenvalue weighted by Crippen LogP contribution is -2.43. The van der Waals surface area contributed by atoms with Crippen LogP contribution in [-0.4, -0.2) is 19.8 Å². The first-order valence-corrected chi connectivity index (χ1v) is 12.3. The summed E-state index contributed by atoms with van der Waals surface area (Å²) in [6.07, 6.45) is 1.84. The van der Waals surface area contributed by atoms with E-state index >= 15 is 0 Å². The van der Waals surface area contributed by atoms with Gasteiger partial charge in [-0.2, -0.15) is 0 Å². The molecule has 1 aromatic heterocycles. The third-order valence-corrected chi connectivity index (χ3v) is 10.7. The molecule has 4 rings (SSSR count). The maximum atomic E-state index is 13.1. The van der Waals surface area contributed by atoms with Crippen molar-refractivity contribution >= 4 is 32.9 Å². The summed E-state index contributed by atoms with van der Waals surface area (Å²) < 4.78 is 32.8. The Morgan fingerprint density at radius 1 is 1.07 bits per heavy atom. The highest BCUT2D eigenvalue weighted by Gasteiger charge is 2.49. The Bertz CT molecular complexity index is 1020. The van der Waals surface area contributed by atoms with Gasteiger partial charge < -0.3 is 4.74 Å². The topological polar surface area (TPSA) is 43.4 Å². The van der Waals surface area contributed by atoms with Crippen LogP contribution in [-0.2, 0) is 14.6 Å². The second-order valence-electron chi connectivity index (χ2n) is 8.13. The lowest BCUT2D eigenvalue weighted by Gasteiger charge is -2.46. The predicted octanol–water partition coefficient (Wildman–Crippen LogP) is 5.81. The van der Waals surface area contributed by atoms with E-state index in [1.807, 2.05) is 17.8 Å². The molecule has 2 aliphatic rings. The summed E-state index contributed by atoms with van der Waals surface area (Å²) in [4.78, 5) is 1.41. The van der Waals surface area contributed by atoms with Gasteiger partial charge in [-0.3, -0.25) is 0 Å². The number of thioether (sulfide) groups is 1. The third-order valence-electron chi connectivity index (χ3n) is 5.35. The maximum absolute atomic E-state index is 13.1. The molecule has 0 amide bonds. The van der Waals surface area contributed by atoms with E-state index in [1.54, 1.807) is 30.3 Å². The van der Waals surface area contributed by atoms with Crippen LogP contribution in [0.3, 0.4) is 0 Å². The van der Waals surface area contributed by atoms with Gasteiger partial charge in [0.25, 0.3) is 0 Å². The Balaban J connectivity index is 1.85. The minimum Gasteiger partial charge on any atom is -0.487 e. The molecule has 2 aliphatic heterocycles. The minimum atomic E-state index is -3.53. The lowest BCUT2D eigenvalue weighted by atomic mass is 9.83. The number of benzene rings is 1. The van der Waals surface area contributed by atoms with Gasteiger partial charge in [0.05, 0.1) is 14.5 Å². The molecule has 1 unspecified atom stereocenters. The van der Waals surface area contributed by atoms with Crippen molar-refractivity contribution in [2.75, 3.05) is 5.75 Å². The Labute approximate surface area is 169 Å². The van der Waals surface area contributed by atoms with E-state index in [9.17, 15) is 8.42 Å². The Kier molecular flexibility index (Phi) is 4.52. The van der Waals surface area contributed by atoms with Crippen LogP contribution in [0.25, 0.3) is 0 Å². The molecule has 0 fully saturated rings. The lowest BCUT2D eigenvalue weighted by molar-refractivity contribution is 0.0670. The van der Waals surface area contributed by atoms with Crippen LogP contribution in [0, 0.1) is 0 Å². The molecule has 3 nitrogen and oxygen atoms in total. The van der Waals surface area contributed by atoms with Crippen LogP contribution in [0.15, 0.2) is 56.6 Å². The van der Waals surface area contributed by atoms with E-state index in [0.717, 1.165) is 29.2 Å². The molecule has 6 heteroatoms. The van der Waals surface area contributed by atoms with Crippen molar-refractivity contribution in [3.63, 3.8) is 0 Å². The van der Waals surface area contributed by atoms with Crippen molar-refractivity contribution in [2.45, 2.75) is 60.0 Å². The van der Waals surface area contributed by atoms with E-state index in [1.165, 1.54) is 22.5 Å². The summed E-state index contributed by atoms with van der Waals surface area (Å²) in [5.74, 6) is 1.73. The first-order valence-electron chi connectivity index (χ1n) is 9.06. The number of ether oxygens (including phenoxy) is 1. The molecular weight excluding hydrogens is 396 g/mol. The number of allylic oxidation sites excluding steroid dienone is 1. The smallest absolute Gasteiger partial charge is 0.216 e.